The van der Waals surface area contributed by atoms with Crippen molar-refractivity contribution in [3.8, 4) is 0 Å². The Kier molecular flexibility index (Phi) is 4.81. The highest BCUT2D eigenvalue weighted by atomic mass is 79.9. The smallest absolute Gasteiger partial charge is 0.132 e. The van der Waals surface area contributed by atoms with Crippen LogP contribution < -0.4 is 0 Å². The second kappa shape index (κ2) is 6.37. The fourth-order valence-electron chi connectivity index (χ4n) is 1.46. The molecule has 92 valence electrons. The topological polar surface area (TPSA) is 12.4 Å². The van der Waals surface area contributed by atoms with Gasteiger partial charge in [-0.25, -0.2) is 0 Å². The molecule has 0 amide bonds. The van der Waals surface area contributed by atoms with E-state index in [9.17, 15) is 0 Å². The van der Waals surface area contributed by atoms with Gasteiger partial charge in [-0.05, 0) is 23.8 Å². The zero-order valence-corrected chi connectivity index (χ0v) is 12.5. The molecule has 1 nitrogen and oxygen atoms in total. The Morgan fingerprint density at radius 1 is 1.06 bits per heavy atom. The van der Waals surface area contributed by atoms with E-state index in [1.165, 1.54) is 0 Å². The van der Waals surface area contributed by atoms with Crippen LogP contribution in [0.1, 0.15) is 11.1 Å². The summed E-state index contributed by atoms with van der Waals surface area (Å²) in [5, 5.41) is 1.05. The maximum absolute atomic E-state index is 6.15. The van der Waals surface area contributed by atoms with Gasteiger partial charge < -0.3 is 0 Å². The standard InChI is InChI=1S/C14H10BrCl2N/c15-11-7-5-10(6-8-11)9-18-14(17)12-3-1-2-4-13(12)16/h1-8H,9H2. The maximum Gasteiger partial charge on any atom is 0.132 e. The van der Waals surface area contributed by atoms with Crippen molar-refractivity contribution in [1.82, 2.24) is 0 Å². The highest BCUT2D eigenvalue weighted by Crippen LogP contribution is 2.18. The minimum atomic E-state index is 0.434. The number of aliphatic imine (C=N–C) groups is 1. The molecule has 0 atom stereocenters. The number of halogens is 3. The zero-order valence-electron chi connectivity index (χ0n) is 9.41. The number of benzene rings is 2. The summed E-state index contributed by atoms with van der Waals surface area (Å²) in [6, 6.07) is 15.4. The number of nitrogens with zero attached hydrogens (tertiary/aromatic N) is 1. The van der Waals surface area contributed by atoms with Crippen molar-refractivity contribution < 1.29 is 0 Å². The lowest BCUT2D eigenvalue weighted by Gasteiger charge is -2.02. The number of hydrogen-bond acceptors (Lipinski definition) is 1. The van der Waals surface area contributed by atoms with E-state index < -0.39 is 0 Å². The van der Waals surface area contributed by atoms with Crippen LogP contribution in [0.2, 0.25) is 5.02 Å². The third-order valence-electron chi connectivity index (χ3n) is 2.41. The maximum atomic E-state index is 6.15. The summed E-state index contributed by atoms with van der Waals surface area (Å²) in [7, 11) is 0. The van der Waals surface area contributed by atoms with Gasteiger partial charge in [0.15, 0.2) is 0 Å². The third-order valence-corrected chi connectivity index (χ3v) is 3.59. The number of hydrogen-bond donors (Lipinski definition) is 0. The predicted molar refractivity (Wildman–Crippen MR) is 81.7 cm³/mol. The van der Waals surface area contributed by atoms with E-state index in [4.69, 9.17) is 23.2 Å². The van der Waals surface area contributed by atoms with E-state index in [2.05, 4.69) is 20.9 Å². The van der Waals surface area contributed by atoms with E-state index in [1.807, 2.05) is 42.5 Å². The van der Waals surface area contributed by atoms with Crippen molar-refractivity contribution in [2.24, 2.45) is 4.99 Å². The first kappa shape index (κ1) is 13.6. The summed E-state index contributed by atoms with van der Waals surface area (Å²) in [5.41, 5.74) is 1.86. The van der Waals surface area contributed by atoms with Gasteiger partial charge in [-0.3, -0.25) is 4.99 Å². The Hall–Kier alpha value is -0.830. The molecule has 0 aliphatic carbocycles. The van der Waals surface area contributed by atoms with Gasteiger partial charge in [-0.2, -0.15) is 0 Å². The summed E-state index contributed by atoms with van der Waals surface area (Å²) in [4.78, 5) is 4.34. The Labute approximate surface area is 125 Å². The lowest BCUT2D eigenvalue weighted by Crippen LogP contribution is -1.93. The fraction of sp³-hybridized carbons (Fsp3) is 0.0714. The summed E-state index contributed by atoms with van der Waals surface area (Å²) in [5.74, 6) is 0. The molecule has 0 aliphatic rings. The lowest BCUT2D eigenvalue weighted by atomic mass is 10.2. The highest BCUT2D eigenvalue weighted by Gasteiger charge is 2.04. The van der Waals surface area contributed by atoms with Crippen molar-refractivity contribution in [3.63, 3.8) is 0 Å². The Morgan fingerprint density at radius 2 is 1.72 bits per heavy atom. The van der Waals surface area contributed by atoms with Gasteiger partial charge in [-0.15, -0.1) is 0 Å². The van der Waals surface area contributed by atoms with Gasteiger partial charge in [0.05, 0.1) is 11.6 Å². The summed E-state index contributed by atoms with van der Waals surface area (Å²) in [6.45, 7) is 0.539. The van der Waals surface area contributed by atoms with Gasteiger partial charge >= 0.3 is 0 Å². The van der Waals surface area contributed by atoms with Gasteiger partial charge in [0.1, 0.15) is 5.17 Å². The molecule has 0 saturated heterocycles. The predicted octanol–water partition coefficient (Wildman–Crippen LogP) is 5.29. The average molecular weight is 343 g/mol. The molecule has 0 aromatic heterocycles. The first-order chi connectivity index (χ1) is 8.66. The Balaban J connectivity index is 2.14. The van der Waals surface area contributed by atoms with Crippen LogP contribution >= 0.6 is 39.1 Å². The lowest BCUT2D eigenvalue weighted by molar-refractivity contribution is 1.07. The van der Waals surface area contributed by atoms with Crippen LogP contribution in [0.4, 0.5) is 0 Å². The number of rotatable bonds is 3. The average Bonchev–Trinajstić information content (AvgIpc) is 2.38. The molecule has 0 fully saturated rings. The zero-order chi connectivity index (χ0) is 13.0. The van der Waals surface area contributed by atoms with E-state index in [0.717, 1.165) is 15.6 Å². The minimum absolute atomic E-state index is 0.434. The van der Waals surface area contributed by atoms with Crippen molar-refractivity contribution >= 4 is 44.3 Å². The molecule has 0 radical (unpaired) electrons. The van der Waals surface area contributed by atoms with Crippen molar-refractivity contribution in [3.05, 3.63) is 69.2 Å². The Bertz CT molecular complexity index is 564. The molecule has 0 unspecified atom stereocenters. The second-order valence-electron chi connectivity index (χ2n) is 3.71. The molecule has 0 saturated carbocycles. The van der Waals surface area contributed by atoms with Crippen LogP contribution in [0.25, 0.3) is 0 Å². The molecule has 2 rings (SSSR count). The molecule has 0 spiro atoms. The molecule has 0 aliphatic heterocycles. The molecular formula is C14H10BrCl2N. The van der Waals surface area contributed by atoms with Crippen molar-refractivity contribution in [1.29, 1.82) is 0 Å². The van der Waals surface area contributed by atoms with Crippen LogP contribution in [-0.4, -0.2) is 5.17 Å². The van der Waals surface area contributed by atoms with Crippen LogP contribution in [0.15, 0.2) is 58.0 Å². The quantitative estimate of drug-likeness (QED) is 0.672. The van der Waals surface area contributed by atoms with Crippen LogP contribution in [0, 0.1) is 0 Å². The highest BCUT2D eigenvalue weighted by molar-refractivity contribution is 9.10. The molecule has 18 heavy (non-hydrogen) atoms. The van der Waals surface area contributed by atoms with Gasteiger partial charge in [0.25, 0.3) is 0 Å². The van der Waals surface area contributed by atoms with Gasteiger partial charge in [0.2, 0.25) is 0 Å². The Morgan fingerprint density at radius 3 is 2.39 bits per heavy atom. The van der Waals surface area contributed by atoms with E-state index >= 15 is 0 Å². The van der Waals surface area contributed by atoms with Crippen LogP contribution in [-0.2, 0) is 6.54 Å². The molecule has 0 bridgehead atoms. The minimum Gasteiger partial charge on any atom is -0.268 e. The summed E-state index contributed by atoms with van der Waals surface area (Å²) >= 11 is 15.6. The van der Waals surface area contributed by atoms with E-state index in [-0.39, 0.29) is 0 Å². The van der Waals surface area contributed by atoms with Crippen LogP contribution in [0.5, 0.6) is 0 Å². The van der Waals surface area contributed by atoms with E-state index in [1.54, 1.807) is 6.07 Å². The van der Waals surface area contributed by atoms with Crippen molar-refractivity contribution in [2.75, 3.05) is 0 Å². The molecular weight excluding hydrogens is 333 g/mol. The van der Waals surface area contributed by atoms with Gasteiger partial charge in [0, 0.05) is 10.0 Å². The van der Waals surface area contributed by atoms with Crippen LogP contribution in [0.3, 0.4) is 0 Å². The van der Waals surface area contributed by atoms with Crippen molar-refractivity contribution in [2.45, 2.75) is 6.54 Å². The SMILES string of the molecule is ClC(=NCc1ccc(Br)cc1)c1ccccc1Cl. The molecule has 0 heterocycles. The fourth-order valence-corrected chi connectivity index (χ4v) is 2.23. The molecule has 2 aromatic carbocycles. The largest absolute Gasteiger partial charge is 0.268 e. The molecule has 2 aromatic rings. The first-order valence-corrected chi connectivity index (χ1v) is 6.91. The summed E-state index contributed by atoms with van der Waals surface area (Å²) in [6.07, 6.45) is 0. The second-order valence-corrected chi connectivity index (χ2v) is 5.39. The third kappa shape index (κ3) is 3.58. The molecule has 0 N–H and O–H groups in total. The summed E-state index contributed by atoms with van der Waals surface area (Å²) < 4.78 is 1.05. The van der Waals surface area contributed by atoms with Gasteiger partial charge in [-0.1, -0.05) is 69.5 Å². The monoisotopic (exact) mass is 341 g/mol. The normalized spacial score (nSPS) is 11.6. The molecule has 4 heteroatoms. The van der Waals surface area contributed by atoms with E-state index in [0.29, 0.717) is 16.7 Å². The first-order valence-electron chi connectivity index (χ1n) is 5.36.